The Kier molecular flexibility index (Phi) is 4.49. The monoisotopic (exact) mass is 294 g/mol. The van der Waals surface area contributed by atoms with Crippen molar-refractivity contribution in [3.8, 4) is 0 Å². The van der Waals surface area contributed by atoms with Gasteiger partial charge in [0, 0.05) is 6.54 Å². The lowest BCUT2D eigenvalue weighted by molar-refractivity contribution is 0.0946. The van der Waals surface area contributed by atoms with Crippen molar-refractivity contribution in [3.63, 3.8) is 0 Å². The molecule has 0 radical (unpaired) electrons. The second kappa shape index (κ2) is 6.31. The highest BCUT2D eigenvalue weighted by atomic mass is 35.5. The SMILES string of the molecule is NNc1ccc(Cl)c(C(=O)NCc2cccc(F)c2)n1. The molecule has 2 aromatic rings. The number of amides is 1. The molecular weight excluding hydrogens is 283 g/mol. The van der Waals surface area contributed by atoms with Gasteiger partial charge in [-0.05, 0) is 29.8 Å². The fraction of sp³-hybridized carbons (Fsp3) is 0.0769. The van der Waals surface area contributed by atoms with Crippen LogP contribution in [0.5, 0.6) is 0 Å². The Labute approximate surface area is 119 Å². The van der Waals surface area contributed by atoms with E-state index in [0.29, 0.717) is 11.4 Å². The van der Waals surface area contributed by atoms with Crippen LogP contribution < -0.4 is 16.6 Å². The van der Waals surface area contributed by atoms with E-state index in [1.165, 1.54) is 18.2 Å². The van der Waals surface area contributed by atoms with Crippen LogP contribution in [0.1, 0.15) is 16.1 Å². The van der Waals surface area contributed by atoms with Gasteiger partial charge in [0.25, 0.3) is 5.91 Å². The molecule has 1 aromatic carbocycles. The fourth-order valence-electron chi connectivity index (χ4n) is 1.59. The molecule has 0 spiro atoms. The summed E-state index contributed by atoms with van der Waals surface area (Å²) in [6, 6.07) is 9.01. The van der Waals surface area contributed by atoms with E-state index in [2.05, 4.69) is 15.7 Å². The lowest BCUT2D eigenvalue weighted by Gasteiger charge is -2.08. The summed E-state index contributed by atoms with van der Waals surface area (Å²) < 4.78 is 13.0. The Bertz CT molecular complexity index is 636. The molecule has 2 rings (SSSR count). The molecular formula is C13H12ClFN4O. The van der Waals surface area contributed by atoms with Gasteiger partial charge in [-0.3, -0.25) is 4.79 Å². The van der Waals surface area contributed by atoms with Crippen molar-refractivity contribution in [1.82, 2.24) is 10.3 Å². The predicted octanol–water partition coefficient (Wildman–Crippen LogP) is 2.09. The van der Waals surface area contributed by atoms with Gasteiger partial charge < -0.3 is 10.7 Å². The Hall–Kier alpha value is -2.18. The number of nitrogens with two attached hydrogens (primary N) is 1. The maximum atomic E-state index is 13.0. The number of hydrogen-bond acceptors (Lipinski definition) is 4. The van der Waals surface area contributed by atoms with Crippen LogP contribution in [0, 0.1) is 5.82 Å². The number of hydrazine groups is 1. The number of halogens is 2. The number of rotatable bonds is 4. The average molecular weight is 295 g/mol. The quantitative estimate of drug-likeness (QED) is 0.596. The predicted molar refractivity (Wildman–Crippen MR) is 74.6 cm³/mol. The molecule has 1 amide bonds. The standard InChI is InChI=1S/C13H12ClFN4O/c14-10-4-5-11(19-16)18-12(10)13(20)17-7-8-2-1-3-9(15)6-8/h1-6H,7,16H2,(H,17,20)(H,18,19). The Morgan fingerprint density at radius 3 is 2.85 bits per heavy atom. The van der Waals surface area contributed by atoms with E-state index in [9.17, 15) is 9.18 Å². The zero-order valence-corrected chi connectivity index (χ0v) is 11.1. The largest absolute Gasteiger partial charge is 0.347 e. The molecule has 4 N–H and O–H groups in total. The van der Waals surface area contributed by atoms with Gasteiger partial charge in [0.2, 0.25) is 0 Å². The van der Waals surface area contributed by atoms with Crippen molar-refractivity contribution in [3.05, 3.63) is 58.5 Å². The van der Waals surface area contributed by atoms with Gasteiger partial charge in [-0.1, -0.05) is 23.7 Å². The highest BCUT2D eigenvalue weighted by Crippen LogP contribution is 2.16. The van der Waals surface area contributed by atoms with Crippen molar-refractivity contribution in [2.24, 2.45) is 5.84 Å². The van der Waals surface area contributed by atoms with Crippen LogP contribution in [0.2, 0.25) is 5.02 Å². The van der Waals surface area contributed by atoms with Crippen LogP contribution in [-0.2, 0) is 6.54 Å². The minimum atomic E-state index is -0.462. The second-order valence-electron chi connectivity index (χ2n) is 3.98. The molecule has 0 aliphatic heterocycles. The molecule has 5 nitrogen and oxygen atoms in total. The minimum Gasteiger partial charge on any atom is -0.347 e. The molecule has 20 heavy (non-hydrogen) atoms. The maximum absolute atomic E-state index is 13.0. The number of hydrogen-bond donors (Lipinski definition) is 3. The minimum absolute atomic E-state index is 0.0542. The smallest absolute Gasteiger partial charge is 0.271 e. The van der Waals surface area contributed by atoms with Crippen LogP contribution in [0.25, 0.3) is 0 Å². The molecule has 0 atom stereocenters. The zero-order chi connectivity index (χ0) is 14.5. The molecule has 0 bridgehead atoms. The summed E-state index contributed by atoms with van der Waals surface area (Å²) in [6.07, 6.45) is 0. The zero-order valence-electron chi connectivity index (χ0n) is 10.4. The van der Waals surface area contributed by atoms with Crippen molar-refractivity contribution in [2.45, 2.75) is 6.54 Å². The molecule has 0 fully saturated rings. The van der Waals surface area contributed by atoms with Crippen LogP contribution in [0.3, 0.4) is 0 Å². The topological polar surface area (TPSA) is 80.0 Å². The van der Waals surface area contributed by atoms with Crippen LogP contribution in [0.4, 0.5) is 10.2 Å². The van der Waals surface area contributed by atoms with E-state index in [0.717, 1.165) is 0 Å². The summed E-state index contributed by atoms with van der Waals surface area (Å²) >= 11 is 5.90. The van der Waals surface area contributed by atoms with Crippen molar-refractivity contribution >= 4 is 23.3 Å². The first-order chi connectivity index (χ1) is 9.60. The molecule has 104 valence electrons. The second-order valence-corrected chi connectivity index (χ2v) is 4.39. The van der Waals surface area contributed by atoms with Crippen LogP contribution >= 0.6 is 11.6 Å². The van der Waals surface area contributed by atoms with Gasteiger partial charge in [-0.15, -0.1) is 0 Å². The molecule has 0 saturated carbocycles. The number of nitrogens with one attached hydrogen (secondary N) is 2. The highest BCUT2D eigenvalue weighted by molar-refractivity contribution is 6.33. The normalized spacial score (nSPS) is 10.2. The molecule has 7 heteroatoms. The van der Waals surface area contributed by atoms with Gasteiger partial charge in [-0.2, -0.15) is 0 Å². The third kappa shape index (κ3) is 3.43. The van der Waals surface area contributed by atoms with E-state index in [1.807, 2.05) is 0 Å². The first-order valence-electron chi connectivity index (χ1n) is 5.76. The van der Waals surface area contributed by atoms with Crippen LogP contribution in [0.15, 0.2) is 36.4 Å². The molecule has 0 saturated heterocycles. The number of benzene rings is 1. The van der Waals surface area contributed by atoms with E-state index < -0.39 is 5.91 Å². The first kappa shape index (κ1) is 14.2. The van der Waals surface area contributed by atoms with Gasteiger partial charge in [0.15, 0.2) is 0 Å². The molecule has 0 aliphatic carbocycles. The summed E-state index contributed by atoms with van der Waals surface area (Å²) in [5.41, 5.74) is 3.03. The summed E-state index contributed by atoms with van der Waals surface area (Å²) in [7, 11) is 0. The number of anilines is 1. The fourth-order valence-corrected chi connectivity index (χ4v) is 1.79. The third-order valence-corrected chi connectivity index (χ3v) is 2.86. The van der Waals surface area contributed by atoms with E-state index in [-0.39, 0.29) is 23.1 Å². The van der Waals surface area contributed by atoms with Crippen molar-refractivity contribution < 1.29 is 9.18 Å². The van der Waals surface area contributed by atoms with Gasteiger partial charge in [0.05, 0.1) is 5.02 Å². The number of nitrogen functional groups attached to an aromatic ring is 1. The summed E-state index contributed by atoms with van der Waals surface area (Å²) in [4.78, 5) is 15.9. The third-order valence-electron chi connectivity index (χ3n) is 2.55. The molecule has 1 heterocycles. The van der Waals surface area contributed by atoms with Gasteiger partial charge in [0.1, 0.15) is 17.3 Å². The van der Waals surface area contributed by atoms with Crippen molar-refractivity contribution in [2.75, 3.05) is 5.43 Å². The number of carbonyl (C=O) groups excluding carboxylic acids is 1. The van der Waals surface area contributed by atoms with Gasteiger partial charge >= 0.3 is 0 Å². The number of nitrogens with zero attached hydrogens (tertiary/aromatic N) is 1. The molecule has 1 aromatic heterocycles. The summed E-state index contributed by atoms with van der Waals surface area (Å²) in [5.74, 6) is 4.73. The van der Waals surface area contributed by atoms with E-state index in [1.54, 1.807) is 18.2 Å². The highest BCUT2D eigenvalue weighted by Gasteiger charge is 2.12. The first-order valence-corrected chi connectivity index (χ1v) is 6.14. The average Bonchev–Trinajstić information content (AvgIpc) is 2.45. The Morgan fingerprint density at radius 1 is 1.35 bits per heavy atom. The Morgan fingerprint density at radius 2 is 2.15 bits per heavy atom. The Balaban J connectivity index is 2.08. The van der Waals surface area contributed by atoms with E-state index in [4.69, 9.17) is 17.4 Å². The lowest BCUT2D eigenvalue weighted by atomic mass is 10.2. The van der Waals surface area contributed by atoms with E-state index >= 15 is 0 Å². The molecule has 0 unspecified atom stereocenters. The van der Waals surface area contributed by atoms with Crippen LogP contribution in [-0.4, -0.2) is 10.9 Å². The van der Waals surface area contributed by atoms with Gasteiger partial charge in [-0.25, -0.2) is 15.2 Å². The summed E-state index contributed by atoms with van der Waals surface area (Å²) in [6.45, 7) is 0.175. The maximum Gasteiger partial charge on any atom is 0.271 e. The molecule has 0 aliphatic rings. The summed E-state index contributed by atoms with van der Waals surface area (Å²) in [5, 5.41) is 2.82. The lowest BCUT2D eigenvalue weighted by Crippen LogP contribution is -2.25. The van der Waals surface area contributed by atoms with Crippen molar-refractivity contribution in [1.29, 1.82) is 0 Å². The number of carbonyl (C=O) groups is 1. The number of pyridine rings is 1. The number of aromatic nitrogens is 1.